The summed E-state index contributed by atoms with van der Waals surface area (Å²) < 4.78 is 12.9. The van der Waals surface area contributed by atoms with Gasteiger partial charge in [0.2, 0.25) is 0 Å². The van der Waals surface area contributed by atoms with Crippen LogP contribution in [0, 0.1) is 12.7 Å². The summed E-state index contributed by atoms with van der Waals surface area (Å²) in [4.78, 5) is 12.3. The monoisotopic (exact) mass is 348 g/mol. The fourth-order valence-electron chi connectivity index (χ4n) is 2.62. The number of rotatable bonds is 6. The quantitative estimate of drug-likeness (QED) is 0.679. The Balaban J connectivity index is 1.56. The lowest BCUT2D eigenvalue weighted by Crippen LogP contribution is -2.14. The number of amides is 1. The predicted molar refractivity (Wildman–Crippen MR) is 103 cm³/mol. The van der Waals surface area contributed by atoms with E-state index in [-0.39, 0.29) is 11.7 Å². The van der Waals surface area contributed by atoms with Crippen LogP contribution in [0.25, 0.3) is 0 Å². The highest BCUT2D eigenvalue weighted by Crippen LogP contribution is 2.13. The van der Waals surface area contributed by atoms with Crippen LogP contribution < -0.4 is 10.6 Å². The molecule has 3 aromatic carbocycles. The zero-order valence-electron chi connectivity index (χ0n) is 14.6. The first-order chi connectivity index (χ1) is 12.6. The molecule has 0 atom stereocenters. The Labute approximate surface area is 152 Å². The van der Waals surface area contributed by atoms with E-state index in [1.807, 2.05) is 55.5 Å². The Morgan fingerprint density at radius 2 is 1.58 bits per heavy atom. The maximum Gasteiger partial charge on any atom is 0.255 e. The number of nitrogens with one attached hydrogen (secondary N) is 2. The van der Waals surface area contributed by atoms with Gasteiger partial charge in [0.25, 0.3) is 5.91 Å². The van der Waals surface area contributed by atoms with E-state index in [2.05, 4.69) is 10.6 Å². The van der Waals surface area contributed by atoms with E-state index < -0.39 is 0 Å². The van der Waals surface area contributed by atoms with E-state index in [0.29, 0.717) is 18.7 Å². The lowest BCUT2D eigenvalue weighted by atomic mass is 10.1. The molecule has 0 bridgehead atoms. The van der Waals surface area contributed by atoms with Crippen LogP contribution >= 0.6 is 0 Å². The standard InChI is InChI=1S/C22H21FN2O/c1-16-5-9-19(10-6-16)22(26)25-21-4-2-3-18(13-21)15-24-14-17-7-11-20(23)12-8-17/h2-13,24H,14-15H2,1H3,(H,25,26). The minimum absolute atomic E-state index is 0.124. The summed E-state index contributed by atoms with van der Waals surface area (Å²) in [6.07, 6.45) is 0. The molecular weight excluding hydrogens is 327 g/mol. The fraction of sp³-hybridized carbons (Fsp3) is 0.136. The van der Waals surface area contributed by atoms with Crippen LogP contribution in [-0.4, -0.2) is 5.91 Å². The molecule has 0 spiro atoms. The minimum Gasteiger partial charge on any atom is -0.322 e. The summed E-state index contributed by atoms with van der Waals surface area (Å²) in [5.41, 5.74) is 4.60. The second-order valence-corrected chi connectivity index (χ2v) is 6.25. The summed E-state index contributed by atoms with van der Waals surface area (Å²) >= 11 is 0. The van der Waals surface area contributed by atoms with Gasteiger partial charge < -0.3 is 10.6 Å². The topological polar surface area (TPSA) is 41.1 Å². The van der Waals surface area contributed by atoms with Gasteiger partial charge in [-0.1, -0.05) is 42.0 Å². The SMILES string of the molecule is Cc1ccc(C(=O)Nc2cccc(CNCc3ccc(F)cc3)c2)cc1. The van der Waals surface area contributed by atoms with Gasteiger partial charge in [-0.05, 0) is 54.4 Å². The first-order valence-corrected chi connectivity index (χ1v) is 8.52. The minimum atomic E-state index is -0.231. The van der Waals surface area contributed by atoms with Crippen LogP contribution in [0.15, 0.2) is 72.8 Å². The fourth-order valence-corrected chi connectivity index (χ4v) is 2.62. The van der Waals surface area contributed by atoms with Crippen molar-refractivity contribution in [3.05, 3.63) is 101 Å². The van der Waals surface area contributed by atoms with Gasteiger partial charge in [0.1, 0.15) is 5.82 Å². The van der Waals surface area contributed by atoms with Crippen molar-refractivity contribution in [1.82, 2.24) is 5.32 Å². The Morgan fingerprint density at radius 3 is 2.31 bits per heavy atom. The van der Waals surface area contributed by atoms with Crippen molar-refractivity contribution in [1.29, 1.82) is 0 Å². The molecule has 0 heterocycles. The van der Waals surface area contributed by atoms with Crippen molar-refractivity contribution < 1.29 is 9.18 Å². The van der Waals surface area contributed by atoms with Crippen LogP contribution in [-0.2, 0) is 13.1 Å². The third-order valence-corrected chi connectivity index (χ3v) is 4.07. The maximum atomic E-state index is 12.9. The number of carbonyl (C=O) groups is 1. The smallest absolute Gasteiger partial charge is 0.255 e. The third-order valence-electron chi connectivity index (χ3n) is 4.07. The van der Waals surface area contributed by atoms with E-state index in [9.17, 15) is 9.18 Å². The lowest BCUT2D eigenvalue weighted by molar-refractivity contribution is 0.102. The molecule has 26 heavy (non-hydrogen) atoms. The van der Waals surface area contributed by atoms with E-state index in [4.69, 9.17) is 0 Å². The zero-order valence-corrected chi connectivity index (χ0v) is 14.6. The number of aryl methyl sites for hydroxylation is 1. The second-order valence-electron chi connectivity index (χ2n) is 6.25. The van der Waals surface area contributed by atoms with Gasteiger partial charge in [-0.15, -0.1) is 0 Å². The molecule has 0 aromatic heterocycles. The summed E-state index contributed by atoms with van der Waals surface area (Å²) in [5.74, 6) is -0.354. The highest BCUT2D eigenvalue weighted by molar-refractivity contribution is 6.04. The number of benzene rings is 3. The van der Waals surface area contributed by atoms with Crippen LogP contribution in [0.2, 0.25) is 0 Å². The normalized spacial score (nSPS) is 10.5. The van der Waals surface area contributed by atoms with Crippen LogP contribution in [0.4, 0.5) is 10.1 Å². The van der Waals surface area contributed by atoms with Gasteiger partial charge in [-0.3, -0.25) is 4.79 Å². The molecule has 0 saturated carbocycles. The van der Waals surface area contributed by atoms with E-state index in [0.717, 1.165) is 22.4 Å². The number of halogens is 1. The summed E-state index contributed by atoms with van der Waals surface area (Å²) in [5, 5.41) is 6.24. The highest BCUT2D eigenvalue weighted by atomic mass is 19.1. The number of hydrogen-bond acceptors (Lipinski definition) is 2. The van der Waals surface area contributed by atoms with Crippen LogP contribution in [0.1, 0.15) is 27.0 Å². The molecular formula is C22H21FN2O. The molecule has 4 heteroatoms. The van der Waals surface area contributed by atoms with E-state index >= 15 is 0 Å². The van der Waals surface area contributed by atoms with Gasteiger partial charge >= 0.3 is 0 Å². The van der Waals surface area contributed by atoms with Crippen LogP contribution in [0.5, 0.6) is 0 Å². The molecule has 3 aromatic rings. The maximum absolute atomic E-state index is 12.9. The Kier molecular flexibility index (Phi) is 5.77. The van der Waals surface area contributed by atoms with Gasteiger partial charge in [0, 0.05) is 24.3 Å². The van der Waals surface area contributed by atoms with Crippen molar-refractivity contribution in [2.24, 2.45) is 0 Å². The van der Waals surface area contributed by atoms with E-state index in [1.165, 1.54) is 12.1 Å². The van der Waals surface area contributed by atoms with Gasteiger partial charge in [-0.2, -0.15) is 0 Å². The van der Waals surface area contributed by atoms with E-state index in [1.54, 1.807) is 12.1 Å². The molecule has 0 aliphatic carbocycles. The molecule has 0 unspecified atom stereocenters. The number of hydrogen-bond donors (Lipinski definition) is 2. The molecule has 0 fully saturated rings. The molecule has 0 aliphatic heterocycles. The van der Waals surface area contributed by atoms with Crippen molar-refractivity contribution >= 4 is 11.6 Å². The molecule has 132 valence electrons. The van der Waals surface area contributed by atoms with Crippen molar-refractivity contribution in [2.75, 3.05) is 5.32 Å². The summed E-state index contributed by atoms with van der Waals surface area (Å²) in [6, 6.07) is 21.7. The average molecular weight is 348 g/mol. The summed E-state index contributed by atoms with van der Waals surface area (Å²) in [6.45, 7) is 3.30. The van der Waals surface area contributed by atoms with Crippen molar-refractivity contribution in [3.63, 3.8) is 0 Å². The Hall–Kier alpha value is -2.98. The molecule has 2 N–H and O–H groups in total. The lowest BCUT2D eigenvalue weighted by Gasteiger charge is -2.09. The number of carbonyl (C=O) groups excluding carboxylic acids is 1. The van der Waals surface area contributed by atoms with Crippen LogP contribution in [0.3, 0.4) is 0 Å². The summed E-state index contributed by atoms with van der Waals surface area (Å²) in [7, 11) is 0. The molecule has 0 aliphatic rings. The van der Waals surface area contributed by atoms with Gasteiger partial charge in [0.05, 0.1) is 0 Å². The van der Waals surface area contributed by atoms with Gasteiger partial charge in [-0.25, -0.2) is 4.39 Å². The van der Waals surface area contributed by atoms with Crippen molar-refractivity contribution in [3.8, 4) is 0 Å². The first kappa shape index (κ1) is 17.8. The highest BCUT2D eigenvalue weighted by Gasteiger charge is 2.06. The average Bonchev–Trinajstić information content (AvgIpc) is 2.64. The predicted octanol–water partition coefficient (Wildman–Crippen LogP) is 4.68. The Morgan fingerprint density at radius 1 is 0.885 bits per heavy atom. The zero-order chi connectivity index (χ0) is 18.4. The molecule has 0 radical (unpaired) electrons. The van der Waals surface area contributed by atoms with Crippen molar-refractivity contribution in [2.45, 2.75) is 20.0 Å². The molecule has 1 amide bonds. The van der Waals surface area contributed by atoms with Gasteiger partial charge in [0.15, 0.2) is 0 Å². The Bertz CT molecular complexity index is 873. The molecule has 3 rings (SSSR count). The second kappa shape index (κ2) is 8.41. The largest absolute Gasteiger partial charge is 0.322 e. The third kappa shape index (κ3) is 5.01. The molecule has 3 nitrogen and oxygen atoms in total. The molecule has 0 saturated heterocycles. The first-order valence-electron chi connectivity index (χ1n) is 8.52. The number of anilines is 1.